The van der Waals surface area contributed by atoms with Crippen molar-refractivity contribution >= 4 is 45.9 Å². The maximum atomic E-state index is 12.2. The number of carbonyl (C=O) groups is 2. The zero-order valence-electron chi connectivity index (χ0n) is 15.4. The molecule has 1 fully saturated rings. The molecule has 0 aliphatic carbocycles. The molecule has 4 nitrogen and oxygen atoms in total. The Balaban J connectivity index is 1.43. The highest BCUT2D eigenvalue weighted by Gasteiger charge is 2.15. The van der Waals surface area contributed by atoms with Crippen molar-refractivity contribution in [2.75, 3.05) is 25.4 Å². The molecule has 0 bridgehead atoms. The van der Waals surface area contributed by atoms with E-state index < -0.39 is 0 Å². The molecule has 0 aromatic heterocycles. The van der Waals surface area contributed by atoms with Gasteiger partial charge in [0.25, 0.3) is 0 Å². The van der Waals surface area contributed by atoms with Gasteiger partial charge in [-0.05, 0) is 36.8 Å². The molecule has 1 heterocycles. The number of halogens is 1. The van der Waals surface area contributed by atoms with E-state index in [4.69, 9.17) is 11.6 Å². The van der Waals surface area contributed by atoms with E-state index in [9.17, 15) is 9.59 Å². The lowest BCUT2D eigenvalue weighted by atomic mass is 10.1. The summed E-state index contributed by atoms with van der Waals surface area (Å²) in [4.78, 5) is 27.1. The van der Waals surface area contributed by atoms with Gasteiger partial charge in [0.05, 0.1) is 5.75 Å². The van der Waals surface area contributed by atoms with Crippen LogP contribution in [0.5, 0.6) is 0 Å². The molecule has 0 atom stereocenters. The molecule has 1 saturated heterocycles. The highest BCUT2D eigenvalue weighted by molar-refractivity contribution is 8.00. The lowest BCUT2D eigenvalue weighted by molar-refractivity contribution is -0.130. The van der Waals surface area contributed by atoms with Crippen molar-refractivity contribution in [1.29, 1.82) is 0 Å². The quantitative estimate of drug-likeness (QED) is 0.546. The molecule has 2 amide bonds. The van der Waals surface area contributed by atoms with E-state index in [2.05, 4.69) is 5.32 Å². The summed E-state index contributed by atoms with van der Waals surface area (Å²) in [5.74, 6) is 0.612. The fraction of sp³-hybridized carbons (Fsp3) is 0.429. The number of rotatable bonds is 7. The van der Waals surface area contributed by atoms with E-state index in [0.29, 0.717) is 23.7 Å². The predicted octanol–water partition coefficient (Wildman–Crippen LogP) is 4.49. The maximum Gasteiger partial charge on any atom is 0.230 e. The summed E-state index contributed by atoms with van der Waals surface area (Å²) < 4.78 is 0. The highest BCUT2D eigenvalue weighted by Crippen LogP contribution is 2.33. The zero-order valence-corrected chi connectivity index (χ0v) is 17.0. The van der Waals surface area contributed by atoms with Gasteiger partial charge in [0.1, 0.15) is 0 Å². The Labute approximate surface area is 169 Å². The molecule has 0 spiro atoms. The molecule has 27 heavy (non-hydrogen) atoms. The summed E-state index contributed by atoms with van der Waals surface area (Å²) in [5, 5.41) is 5.74. The van der Waals surface area contributed by atoms with Gasteiger partial charge < -0.3 is 10.2 Å². The van der Waals surface area contributed by atoms with E-state index in [-0.39, 0.29) is 11.8 Å². The number of amides is 2. The number of benzene rings is 2. The normalized spacial score (nSPS) is 15.0. The number of nitrogens with one attached hydrogen (secondary N) is 1. The van der Waals surface area contributed by atoms with Gasteiger partial charge in [0.2, 0.25) is 11.8 Å². The number of likely N-dealkylation sites (tertiary alicyclic amines) is 1. The van der Waals surface area contributed by atoms with Crippen LogP contribution < -0.4 is 5.32 Å². The first-order valence-electron chi connectivity index (χ1n) is 9.49. The molecule has 6 heteroatoms. The third-order valence-electron chi connectivity index (χ3n) is 4.77. The van der Waals surface area contributed by atoms with Gasteiger partial charge in [-0.3, -0.25) is 9.59 Å². The molecule has 0 radical (unpaired) electrons. The van der Waals surface area contributed by atoms with Crippen molar-refractivity contribution in [2.24, 2.45) is 0 Å². The molecule has 0 unspecified atom stereocenters. The van der Waals surface area contributed by atoms with Crippen LogP contribution in [0.25, 0.3) is 10.8 Å². The number of carbonyl (C=O) groups excluding carboxylic acids is 2. The van der Waals surface area contributed by atoms with Gasteiger partial charge >= 0.3 is 0 Å². The summed E-state index contributed by atoms with van der Waals surface area (Å²) in [7, 11) is 0. The van der Waals surface area contributed by atoms with Crippen molar-refractivity contribution in [1.82, 2.24) is 10.2 Å². The molecule has 3 rings (SSSR count). The van der Waals surface area contributed by atoms with E-state index in [1.54, 1.807) is 0 Å². The lowest BCUT2D eigenvalue weighted by Crippen LogP contribution is -2.34. The van der Waals surface area contributed by atoms with E-state index in [0.717, 1.165) is 54.4 Å². The van der Waals surface area contributed by atoms with Crippen LogP contribution in [-0.2, 0) is 9.59 Å². The lowest BCUT2D eigenvalue weighted by Gasteiger charge is -2.20. The Bertz CT molecular complexity index is 807. The standard InChI is InChI=1S/C21H25ClN2O2S/c22-17-9-4-7-16-8-5-10-18(21(16)17)27-15-19(25)23-12-6-14-24-13-3-1-2-11-20(24)26/h4-5,7-10H,1-3,6,11-15H2,(H,23,25). The third kappa shape index (κ3) is 5.63. The SMILES string of the molecule is O=C(CSc1cccc2cccc(Cl)c12)NCCCN1CCCCCC1=O. The minimum Gasteiger partial charge on any atom is -0.355 e. The average Bonchev–Trinajstić information content (AvgIpc) is 2.88. The largest absolute Gasteiger partial charge is 0.355 e. The van der Waals surface area contributed by atoms with Gasteiger partial charge in [0, 0.05) is 41.4 Å². The summed E-state index contributed by atoms with van der Waals surface area (Å²) in [5.41, 5.74) is 0. The Morgan fingerprint density at radius 3 is 2.81 bits per heavy atom. The van der Waals surface area contributed by atoms with Crippen LogP contribution in [0.3, 0.4) is 0 Å². The molecule has 144 valence electrons. The van der Waals surface area contributed by atoms with E-state index in [1.807, 2.05) is 41.3 Å². The minimum absolute atomic E-state index is 0.00579. The Kier molecular flexibility index (Phi) is 7.41. The van der Waals surface area contributed by atoms with Crippen LogP contribution in [0.1, 0.15) is 32.1 Å². The average molecular weight is 405 g/mol. The summed E-state index contributed by atoms with van der Waals surface area (Å²) in [6, 6.07) is 11.8. The second kappa shape index (κ2) is 10.00. The van der Waals surface area contributed by atoms with Gasteiger partial charge in [-0.25, -0.2) is 0 Å². The topological polar surface area (TPSA) is 49.4 Å². The van der Waals surface area contributed by atoms with E-state index in [1.165, 1.54) is 11.8 Å². The van der Waals surface area contributed by atoms with Crippen molar-refractivity contribution in [3.63, 3.8) is 0 Å². The fourth-order valence-corrected chi connectivity index (χ4v) is 4.62. The highest BCUT2D eigenvalue weighted by atomic mass is 35.5. The van der Waals surface area contributed by atoms with Crippen molar-refractivity contribution < 1.29 is 9.59 Å². The molecular formula is C21H25ClN2O2S. The number of fused-ring (bicyclic) bond motifs is 1. The predicted molar refractivity (Wildman–Crippen MR) is 112 cm³/mol. The van der Waals surface area contributed by atoms with Crippen LogP contribution in [-0.4, -0.2) is 42.1 Å². The molecule has 2 aromatic carbocycles. The van der Waals surface area contributed by atoms with Crippen LogP contribution in [0.15, 0.2) is 41.3 Å². The Morgan fingerprint density at radius 1 is 1.15 bits per heavy atom. The minimum atomic E-state index is 0.00579. The monoisotopic (exact) mass is 404 g/mol. The van der Waals surface area contributed by atoms with Crippen molar-refractivity contribution in [3.8, 4) is 0 Å². The molecule has 0 saturated carbocycles. The molecule has 1 N–H and O–H groups in total. The number of hydrogen-bond donors (Lipinski definition) is 1. The first-order valence-corrected chi connectivity index (χ1v) is 10.9. The molecule has 2 aromatic rings. The Hall–Kier alpha value is -1.72. The van der Waals surface area contributed by atoms with E-state index >= 15 is 0 Å². The molecular weight excluding hydrogens is 380 g/mol. The molecule has 1 aliphatic heterocycles. The van der Waals surface area contributed by atoms with Gasteiger partial charge in [0.15, 0.2) is 0 Å². The summed E-state index contributed by atoms with van der Waals surface area (Å²) in [6.45, 7) is 2.18. The number of thioether (sulfide) groups is 1. The third-order valence-corrected chi connectivity index (χ3v) is 6.15. The number of hydrogen-bond acceptors (Lipinski definition) is 3. The van der Waals surface area contributed by atoms with Crippen LogP contribution in [0.2, 0.25) is 5.02 Å². The van der Waals surface area contributed by atoms with Crippen molar-refractivity contribution in [3.05, 3.63) is 41.4 Å². The maximum absolute atomic E-state index is 12.2. The van der Waals surface area contributed by atoms with Gasteiger partial charge in [-0.1, -0.05) is 42.3 Å². The molecule has 1 aliphatic rings. The Morgan fingerprint density at radius 2 is 1.96 bits per heavy atom. The van der Waals surface area contributed by atoms with Gasteiger partial charge in [-0.2, -0.15) is 0 Å². The van der Waals surface area contributed by atoms with Crippen LogP contribution in [0, 0.1) is 0 Å². The first kappa shape index (κ1) is 20.0. The second-order valence-corrected chi connectivity index (χ2v) is 8.20. The second-order valence-electron chi connectivity index (χ2n) is 6.78. The van der Waals surface area contributed by atoms with Gasteiger partial charge in [-0.15, -0.1) is 11.8 Å². The van der Waals surface area contributed by atoms with Crippen LogP contribution >= 0.6 is 23.4 Å². The first-order chi connectivity index (χ1) is 13.1. The van der Waals surface area contributed by atoms with Crippen LogP contribution in [0.4, 0.5) is 0 Å². The summed E-state index contributed by atoms with van der Waals surface area (Å²) >= 11 is 7.83. The number of nitrogens with zero attached hydrogens (tertiary/aromatic N) is 1. The fourth-order valence-electron chi connectivity index (χ4n) is 3.35. The van der Waals surface area contributed by atoms with Crippen molar-refractivity contribution in [2.45, 2.75) is 37.0 Å². The smallest absolute Gasteiger partial charge is 0.230 e. The zero-order chi connectivity index (χ0) is 19.1. The summed E-state index contributed by atoms with van der Waals surface area (Å²) in [6.07, 6.45) is 4.68.